The Bertz CT molecular complexity index is 847. The van der Waals surface area contributed by atoms with E-state index in [1.165, 1.54) is 11.1 Å². The Morgan fingerprint density at radius 3 is 2.54 bits per heavy atom. The number of para-hydroxylation sites is 1. The highest BCUT2D eigenvalue weighted by Crippen LogP contribution is 2.20. The Hall–Kier alpha value is -3.14. The average molecular weight is 403 g/mol. The zero-order valence-corrected chi connectivity index (χ0v) is 16.1. The number of nitrogen functional groups attached to an aromatic ring is 1. The summed E-state index contributed by atoms with van der Waals surface area (Å²) in [6.07, 6.45) is 1.32. The maximum Gasteiger partial charge on any atom is 0.343 e. The molecule has 0 atom stereocenters. The van der Waals surface area contributed by atoms with Gasteiger partial charge < -0.3 is 21.1 Å². The number of ether oxygens (including phenoxy) is 1. The number of carbonyl (C=O) groups is 3. The molecule has 28 heavy (non-hydrogen) atoms. The van der Waals surface area contributed by atoms with Crippen molar-refractivity contribution >= 4 is 41.1 Å². The summed E-state index contributed by atoms with van der Waals surface area (Å²) in [5, 5.41) is 0.252. The van der Waals surface area contributed by atoms with Gasteiger partial charge >= 0.3 is 5.97 Å². The molecule has 0 aliphatic heterocycles. The smallest absolute Gasteiger partial charge is 0.343 e. The molecule has 0 aliphatic rings. The van der Waals surface area contributed by atoms with Crippen LogP contribution in [0.15, 0.2) is 41.7 Å². The lowest BCUT2D eigenvalue weighted by molar-refractivity contribution is -0.118. The van der Waals surface area contributed by atoms with Crippen LogP contribution in [0.5, 0.6) is 0 Å². The first-order valence-electron chi connectivity index (χ1n) is 8.48. The number of aromatic nitrogens is 2. The van der Waals surface area contributed by atoms with Crippen LogP contribution in [0, 0.1) is 0 Å². The summed E-state index contributed by atoms with van der Waals surface area (Å²) in [6, 6.07) is 8.96. The molecular formula is C18H21N5O4S. The summed E-state index contributed by atoms with van der Waals surface area (Å²) in [4.78, 5) is 45.1. The second-order valence-electron chi connectivity index (χ2n) is 5.56. The molecule has 148 valence electrons. The van der Waals surface area contributed by atoms with Crippen LogP contribution in [0.1, 0.15) is 23.7 Å². The summed E-state index contributed by atoms with van der Waals surface area (Å²) >= 11 is 1.07. The van der Waals surface area contributed by atoms with E-state index in [0.717, 1.165) is 11.8 Å². The number of benzene rings is 1. The maximum absolute atomic E-state index is 12.7. The molecule has 0 saturated heterocycles. The number of hydrogen-bond donors (Lipinski definition) is 2. The van der Waals surface area contributed by atoms with Gasteiger partial charge in [0.05, 0.1) is 12.4 Å². The lowest BCUT2D eigenvalue weighted by atomic mass is 10.2. The van der Waals surface area contributed by atoms with Gasteiger partial charge in [-0.1, -0.05) is 30.0 Å². The van der Waals surface area contributed by atoms with Gasteiger partial charge in [-0.15, -0.1) is 0 Å². The fraction of sp³-hybridized carbons (Fsp3) is 0.278. The SMILES string of the molecule is CCOC(=O)c1cnc(SCC(=O)N(CCC(N)=O)c2ccccc2)nc1N. The summed E-state index contributed by atoms with van der Waals surface area (Å²) in [6.45, 7) is 2.06. The molecular weight excluding hydrogens is 382 g/mol. The Morgan fingerprint density at radius 1 is 1.21 bits per heavy atom. The number of carbonyl (C=O) groups excluding carboxylic acids is 3. The van der Waals surface area contributed by atoms with Crippen molar-refractivity contribution in [3.8, 4) is 0 Å². The maximum atomic E-state index is 12.7. The largest absolute Gasteiger partial charge is 0.462 e. The number of anilines is 2. The van der Waals surface area contributed by atoms with Crippen LogP contribution >= 0.6 is 11.8 Å². The highest BCUT2D eigenvalue weighted by Gasteiger charge is 2.18. The Balaban J connectivity index is 2.06. The molecule has 9 nitrogen and oxygen atoms in total. The van der Waals surface area contributed by atoms with Gasteiger partial charge in [-0.05, 0) is 19.1 Å². The van der Waals surface area contributed by atoms with Crippen molar-refractivity contribution in [2.24, 2.45) is 5.73 Å². The highest BCUT2D eigenvalue weighted by molar-refractivity contribution is 7.99. The van der Waals surface area contributed by atoms with Crippen LogP contribution in [0.2, 0.25) is 0 Å². The summed E-state index contributed by atoms with van der Waals surface area (Å²) < 4.78 is 4.87. The van der Waals surface area contributed by atoms with Crippen molar-refractivity contribution in [3.05, 3.63) is 42.1 Å². The number of hydrogen-bond acceptors (Lipinski definition) is 8. The van der Waals surface area contributed by atoms with E-state index in [2.05, 4.69) is 9.97 Å². The van der Waals surface area contributed by atoms with Gasteiger partial charge in [-0.3, -0.25) is 9.59 Å². The number of primary amides is 1. The van der Waals surface area contributed by atoms with Gasteiger partial charge in [0.1, 0.15) is 11.4 Å². The van der Waals surface area contributed by atoms with Crippen LogP contribution in [-0.4, -0.2) is 46.7 Å². The molecule has 1 aromatic heterocycles. The molecule has 1 heterocycles. The van der Waals surface area contributed by atoms with Gasteiger partial charge in [0, 0.05) is 24.8 Å². The molecule has 0 unspecified atom stereocenters. The van der Waals surface area contributed by atoms with Gasteiger partial charge in [0.25, 0.3) is 0 Å². The zero-order chi connectivity index (χ0) is 20.5. The number of thioether (sulfide) groups is 1. The monoisotopic (exact) mass is 403 g/mol. The molecule has 0 bridgehead atoms. The van der Waals surface area contributed by atoms with E-state index in [4.69, 9.17) is 16.2 Å². The van der Waals surface area contributed by atoms with Gasteiger partial charge in [-0.2, -0.15) is 0 Å². The molecule has 0 saturated carbocycles. The van der Waals surface area contributed by atoms with E-state index in [-0.39, 0.29) is 47.8 Å². The number of nitrogens with zero attached hydrogens (tertiary/aromatic N) is 3. The quantitative estimate of drug-likeness (QED) is 0.362. The van der Waals surface area contributed by atoms with E-state index in [9.17, 15) is 14.4 Å². The minimum absolute atomic E-state index is 0.0166. The standard InChI is InChI=1S/C18H21N5O4S/c1-2-27-17(26)13-10-21-18(22-16(13)20)28-11-15(25)23(9-8-14(19)24)12-6-4-3-5-7-12/h3-7,10H,2,8-9,11H2,1H3,(H2,19,24)(H2,20,21,22). The molecule has 2 aromatic rings. The zero-order valence-electron chi connectivity index (χ0n) is 15.3. The Morgan fingerprint density at radius 2 is 1.93 bits per heavy atom. The predicted octanol–water partition coefficient (Wildman–Crippen LogP) is 1.24. The van der Waals surface area contributed by atoms with Crippen molar-refractivity contribution in [1.82, 2.24) is 9.97 Å². The van der Waals surface area contributed by atoms with E-state index in [1.807, 2.05) is 6.07 Å². The summed E-state index contributed by atoms with van der Waals surface area (Å²) in [7, 11) is 0. The van der Waals surface area contributed by atoms with Gasteiger partial charge in [-0.25, -0.2) is 14.8 Å². The third kappa shape index (κ3) is 5.95. The van der Waals surface area contributed by atoms with Crippen LogP contribution in [0.3, 0.4) is 0 Å². The van der Waals surface area contributed by atoms with E-state index >= 15 is 0 Å². The van der Waals surface area contributed by atoms with Crippen molar-refractivity contribution in [2.45, 2.75) is 18.5 Å². The van der Waals surface area contributed by atoms with Crippen molar-refractivity contribution < 1.29 is 19.1 Å². The first-order chi connectivity index (χ1) is 13.4. The second-order valence-corrected chi connectivity index (χ2v) is 6.50. The minimum Gasteiger partial charge on any atom is -0.462 e. The molecule has 1 aromatic carbocycles. The summed E-state index contributed by atoms with van der Waals surface area (Å²) in [5.74, 6) is -1.33. The van der Waals surface area contributed by atoms with Crippen LogP contribution < -0.4 is 16.4 Å². The number of rotatable bonds is 9. The average Bonchev–Trinajstić information content (AvgIpc) is 2.67. The third-order valence-corrected chi connectivity index (χ3v) is 4.41. The molecule has 10 heteroatoms. The lowest BCUT2D eigenvalue weighted by Crippen LogP contribution is -2.35. The van der Waals surface area contributed by atoms with E-state index in [0.29, 0.717) is 5.69 Å². The number of esters is 1. The topological polar surface area (TPSA) is 142 Å². The molecule has 0 aliphatic carbocycles. The van der Waals surface area contributed by atoms with E-state index < -0.39 is 11.9 Å². The predicted molar refractivity (Wildman–Crippen MR) is 106 cm³/mol. The van der Waals surface area contributed by atoms with Gasteiger partial charge in [0.2, 0.25) is 11.8 Å². The van der Waals surface area contributed by atoms with Crippen LogP contribution in [-0.2, 0) is 14.3 Å². The second kappa shape index (κ2) is 10.3. The fourth-order valence-corrected chi connectivity index (χ4v) is 2.94. The minimum atomic E-state index is -0.602. The highest BCUT2D eigenvalue weighted by atomic mass is 32.2. The fourth-order valence-electron chi connectivity index (χ4n) is 2.25. The van der Waals surface area contributed by atoms with Crippen molar-refractivity contribution in [3.63, 3.8) is 0 Å². The molecule has 0 radical (unpaired) electrons. The molecule has 2 amide bonds. The Kier molecular flexibility index (Phi) is 7.76. The van der Waals surface area contributed by atoms with Gasteiger partial charge in [0.15, 0.2) is 5.16 Å². The molecule has 2 rings (SSSR count). The van der Waals surface area contributed by atoms with Crippen LogP contribution in [0.25, 0.3) is 0 Å². The molecule has 0 spiro atoms. The number of amides is 2. The number of nitrogens with two attached hydrogens (primary N) is 2. The third-order valence-electron chi connectivity index (χ3n) is 3.57. The molecule has 4 N–H and O–H groups in total. The lowest BCUT2D eigenvalue weighted by Gasteiger charge is -2.22. The normalized spacial score (nSPS) is 10.3. The first-order valence-corrected chi connectivity index (χ1v) is 9.47. The molecule has 0 fully saturated rings. The Labute approximate surface area is 166 Å². The van der Waals surface area contributed by atoms with Crippen LogP contribution in [0.4, 0.5) is 11.5 Å². The summed E-state index contributed by atoms with van der Waals surface area (Å²) in [5.41, 5.74) is 11.7. The van der Waals surface area contributed by atoms with E-state index in [1.54, 1.807) is 31.2 Å². The van der Waals surface area contributed by atoms with Crippen molar-refractivity contribution in [1.29, 1.82) is 0 Å². The first kappa shape index (κ1) is 21.2. The van der Waals surface area contributed by atoms with Crippen molar-refractivity contribution in [2.75, 3.05) is 29.5 Å².